The number of rotatable bonds is 8. The van der Waals surface area contributed by atoms with E-state index in [9.17, 15) is 5.11 Å². The molecule has 0 spiro atoms. The molecule has 0 aromatic heterocycles. The molecule has 0 aliphatic heterocycles. The molecular weight excluding hydrogens is 715 g/mol. The summed E-state index contributed by atoms with van der Waals surface area (Å²) in [6.07, 6.45) is 0. The second kappa shape index (κ2) is 15.3. The molecule has 280 valence electrons. The zero-order valence-electron chi connectivity index (χ0n) is 32.8. The van der Waals surface area contributed by atoms with Gasteiger partial charge in [-0.2, -0.15) is 0 Å². The van der Waals surface area contributed by atoms with Crippen molar-refractivity contribution in [1.29, 1.82) is 0 Å². The molecule has 0 amide bonds. The summed E-state index contributed by atoms with van der Waals surface area (Å²) in [5.74, 6) is 0.285. The minimum atomic E-state index is 0.285. The smallest absolute Gasteiger partial charge is 0.131 e. The molecule has 0 atom stereocenters. The highest BCUT2D eigenvalue weighted by Crippen LogP contribution is 2.42. The minimum Gasteiger partial charge on any atom is -0.507 e. The number of para-hydroxylation sites is 1. The Hall–Kier alpha value is -7.68. The second-order valence-corrected chi connectivity index (χ2v) is 15.2. The van der Waals surface area contributed by atoms with E-state index in [2.05, 4.69) is 206 Å². The van der Waals surface area contributed by atoms with E-state index in [4.69, 9.17) is 0 Å². The third-order valence-electron chi connectivity index (χ3n) is 11.5. The van der Waals surface area contributed by atoms with Crippen LogP contribution < -0.4 is 4.90 Å². The van der Waals surface area contributed by atoms with Crippen molar-refractivity contribution in [3.8, 4) is 61.4 Å². The van der Waals surface area contributed by atoms with Crippen LogP contribution in [0.5, 0.6) is 5.75 Å². The Morgan fingerprint density at radius 3 is 1.39 bits per heavy atom. The molecule has 0 fully saturated rings. The average Bonchev–Trinajstić information content (AvgIpc) is 3.30. The molecule has 2 nitrogen and oxygen atoms in total. The van der Waals surface area contributed by atoms with Gasteiger partial charge in [0.05, 0.1) is 0 Å². The van der Waals surface area contributed by atoms with Crippen LogP contribution in [-0.2, 0) is 0 Å². The number of benzene rings is 10. The second-order valence-electron chi connectivity index (χ2n) is 15.2. The predicted octanol–water partition coefficient (Wildman–Crippen LogP) is 15.8. The van der Waals surface area contributed by atoms with Gasteiger partial charge in [-0.25, -0.2) is 0 Å². The van der Waals surface area contributed by atoms with Crippen LogP contribution in [0.1, 0.15) is 5.56 Å². The zero-order chi connectivity index (χ0) is 39.7. The number of nitrogens with zero attached hydrogens (tertiary/aromatic N) is 1. The van der Waals surface area contributed by atoms with Gasteiger partial charge in [0, 0.05) is 28.2 Å². The van der Waals surface area contributed by atoms with Crippen LogP contribution in [0.2, 0.25) is 0 Å². The summed E-state index contributed by atoms with van der Waals surface area (Å²) in [6.45, 7) is 2.07. The minimum absolute atomic E-state index is 0.285. The lowest BCUT2D eigenvalue weighted by Crippen LogP contribution is -2.09. The number of anilines is 3. The summed E-state index contributed by atoms with van der Waals surface area (Å²) >= 11 is 0. The molecule has 0 aliphatic rings. The first-order chi connectivity index (χ1) is 29.1. The largest absolute Gasteiger partial charge is 0.507 e. The topological polar surface area (TPSA) is 23.5 Å². The summed E-state index contributed by atoms with van der Waals surface area (Å²) in [7, 11) is 0. The molecule has 0 saturated carbocycles. The van der Waals surface area contributed by atoms with Crippen LogP contribution in [0.25, 0.3) is 77.2 Å². The number of aryl methyl sites for hydroxylation is 1. The lowest BCUT2D eigenvalue weighted by atomic mass is 9.96. The normalized spacial score (nSPS) is 11.2. The zero-order valence-corrected chi connectivity index (χ0v) is 32.8. The van der Waals surface area contributed by atoms with Crippen molar-refractivity contribution in [2.24, 2.45) is 0 Å². The van der Waals surface area contributed by atoms with Crippen LogP contribution in [-0.4, -0.2) is 5.11 Å². The van der Waals surface area contributed by atoms with Crippen molar-refractivity contribution < 1.29 is 5.11 Å². The van der Waals surface area contributed by atoms with Gasteiger partial charge in [-0.3, -0.25) is 0 Å². The molecular formula is C57H41NO. The van der Waals surface area contributed by atoms with Crippen molar-refractivity contribution in [1.82, 2.24) is 0 Å². The Morgan fingerprint density at radius 2 is 0.746 bits per heavy atom. The summed E-state index contributed by atoms with van der Waals surface area (Å²) < 4.78 is 0. The number of hydrogen-bond acceptors (Lipinski definition) is 2. The van der Waals surface area contributed by atoms with Gasteiger partial charge in [-0.15, -0.1) is 0 Å². The number of fused-ring (bicyclic) bond motifs is 2. The number of aromatic hydroxyl groups is 1. The predicted molar refractivity (Wildman–Crippen MR) is 250 cm³/mol. The molecule has 10 rings (SSSR count). The molecule has 2 heteroatoms. The van der Waals surface area contributed by atoms with Crippen molar-refractivity contribution in [3.05, 3.63) is 230 Å². The van der Waals surface area contributed by atoms with Gasteiger partial charge in [-0.1, -0.05) is 188 Å². The first-order valence-electron chi connectivity index (χ1n) is 20.1. The van der Waals surface area contributed by atoms with Gasteiger partial charge in [0.15, 0.2) is 0 Å². The molecule has 0 saturated heterocycles. The van der Waals surface area contributed by atoms with Gasteiger partial charge >= 0.3 is 0 Å². The maximum atomic E-state index is 11.5. The number of phenolic OH excluding ortho intramolecular Hbond substituents is 1. The maximum absolute atomic E-state index is 11.5. The van der Waals surface area contributed by atoms with E-state index in [0.717, 1.165) is 50.4 Å². The molecule has 0 unspecified atom stereocenters. The molecule has 0 heterocycles. The van der Waals surface area contributed by atoms with Crippen molar-refractivity contribution in [3.63, 3.8) is 0 Å². The summed E-state index contributed by atoms with van der Waals surface area (Å²) in [5.41, 5.74) is 15.0. The van der Waals surface area contributed by atoms with Crippen LogP contribution in [0, 0.1) is 6.92 Å². The summed E-state index contributed by atoms with van der Waals surface area (Å²) in [6, 6.07) is 79.5. The lowest BCUT2D eigenvalue weighted by molar-refractivity contribution is 0.479. The summed E-state index contributed by atoms with van der Waals surface area (Å²) in [4.78, 5) is 2.30. The lowest BCUT2D eigenvalue weighted by Gasteiger charge is -2.26. The van der Waals surface area contributed by atoms with Gasteiger partial charge in [0.2, 0.25) is 0 Å². The third kappa shape index (κ3) is 7.03. The standard InChI is InChI=1S/C57H41NO/c1-39-9-6-14-49(37-39)56-18-8-17-55(57(56)59)46-29-35-52(36-30-46)58(51-33-27-45(28-34-51)54-16-7-13-44-11-4-5-15-53(44)54)50-31-25-42(26-32-50)41-19-21-43(22-20-41)48-24-23-40-10-2-3-12-47(40)38-48/h2-38,59H,1H3. The summed E-state index contributed by atoms with van der Waals surface area (Å²) in [5, 5.41) is 16.5. The van der Waals surface area contributed by atoms with Crippen molar-refractivity contribution >= 4 is 38.6 Å². The highest BCUT2D eigenvalue weighted by molar-refractivity contribution is 5.97. The SMILES string of the molecule is Cc1cccc(-c2cccc(-c3ccc(N(c4ccc(-c5ccc(-c6ccc7ccccc7c6)cc5)cc4)c4ccc(-c5cccc6ccccc56)cc4)cc3)c2O)c1. The monoisotopic (exact) mass is 755 g/mol. The number of hydrogen-bond donors (Lipinski definition) is 1. The fraction of sp³-hybridized carbons (Fsp3) is 0.0175. The Bertz CT molecular complexity index is 3090. The van der Waals surface area contributed by atoms with Crippen LogP contribution in [0.4, 0.5) is 17.1 Å². The highest BCUT2D eigenvalue weighted by atomic mass is 16.3. The first kappa shape index (κ1) is 35.7. The average molecular weight is 756 g/mol. The van der Waals surface area contributed by atoms with E-state index in [0.29, 0.717) is 0 Å². The van der Waals surface area contributed by atoms with Crippen LogP contribution >= 0.6 is 0 Å². The number of phenols is 1. The molecule has 0 bridgehead atoms. The van der Waals surface area contributed by atoms with Gasteiger partial charge in [0.1, 0.15) is 5.75 Å². The fourth-order valence-corrected chi connectivity index (χ4v) is 8.35. The van der Waals surface area contributed by atoms with E-state index in [1.54, 1.807) is 0 Å². The Balaban J connectivity index is 0.990. The van der Waals surface area contributed by atoms with E-state index in [1.807, 2.05) is 30.3 Å². The first-order valence-corrected chi connectivity index (χ1v) is 20.1. The van der Waals surface area contributed by atoms with E-state index in [-0.39, 0.29) is 5.75 Å². The maximum Gasteiger partial charge on any atom is 0.131 e. The van der Waals surface area contributed by atoms with Crippen molar-refractivity contribution in [2.45, 2.75) is 6.92 Å². The Morgan fingerprint density at radius 1 is 0.305 bits per heavy atom. The van der Waals surface area contributed by atoms with E-state index >= 15 is 0 Å². The van der Waals surface area contributed by atoms with Gasteiger partial charge in [-0.05, 0) is 115 Å². The quantitative estimate of drug-likeness (QED) is 0.167. The third-order valence-corrected chi connectivity index (χ3v) is 11.5. The van der Waals surface area contributed by atoms with Crippen LogP contribution in [0.15, 0.2) is 224 Å². The molecule has 0 aliphatic carbocycles. The molecule has 0 radical (unpaired) electrons. The fourth-order valence-electron chi connectivity index (χ4n) is 8.35. The van der Waals surface area contributed by atoms with Gasteiger partial charge in [0.25, 0.3) is 0 Å². The Labute approximate surface area is 345 Å². The van der Waals surface area contributed by atoms with Crippen molar-refractivity contribution in [2.75, 3.05) is 4.90 Å². The molecule has 1 N–H and O–H groups in total. The molecule has 10 aromatic carbocycles. The highest BCUT2D eigenvalue weighted by Gasteiger charge is 2.16. The Kier molecular flexibility index (Phi) is 9.29. The van der Waals surface area contributed by atoms with Gasteiger partial charge < -0.3 is 10.0 Å². The molecule has 10 aromatic rings. The molecule has 59 heavy (non-hydrogen) atoms. The van der Waals surface area contributed by atoms with E-state index < -0.39 is 0 Å². The van der Waals surface area contributed by atoms with E-state index in [1.165, 1.54) is 49.4 Å². The van der Waals surface area contributed by atoms with Crippen LogP contribution in [0.3, 0.4) is 0 Å².